The van der Waals surface area contributed by atoms with Crippen LogP contribution in [0.3, 0.4) is 0 Å². The molecule has 2 N–H and O–H groups in total. The van der Waals surface area contributed by atoms with Crippen molar-refractivity contribution in [1.82, 2.24) is 4.90 Å². The van der Waals surface area contributed by atoms with Crippen LogP contribution in [0.1, 0.15) is 38.3 Å². The van der Waals surface area contributed by atoms with Crippen LogP contribution in [-0.2, 0) is 0 Å². The molecule has 3 atom stereocenters. The minimum absolute atomic E-state index is 0.453. The fraction of sp³-hybridized carbons (Fsp3) is 0.600. The summed E-state index contributed by atoms with van der Waals surface area (Å²) in [4.78, 5) is 2.58. The molecule has 3 heteroatoms. The molecule has 0 saturated carbocycles. The lowest BCUT2D eigenvalue weighted by Gasteiger charge is -2.43. The Balaban J connectivity index is 2.15. The largest absolute Gasteiger partial charge is 0.329 e. The first kappa shape index (κ1) is 14.0. The number of halogens is 1. The van der Waals surface area contributed by atoms with E-state index in [2.05, 4.69) is 58.9 Å². The van der Waals surface area contributed by atoms with Crippen molar-refractivity contribution in [1.29, 1.82) is 0 Å². The van der Waals surface area contributed by atoms with E-state index < -0.39 is 0 Å². The van der Waals surface area contributed by atoms with E-state index in [1.165, 1.54) is 24.9 Å². The molecule has 0 bridgehead atoms. The molecule has 2 rings (SSSR count). The SMILES string of the molecule is CC1CCCN(C(C)c2ccc(Br)cc2)C1CN. The molecule has 1 aliphatic rings. The highest BCUT2D eigenvalue weighted by molar-refractivity contribution is 9.10. The molecular weight excluding hydrogens is 288 g/mol. The van der Waals surface area contributed by atoms with Gasteiger partial charge in [-0.05, 0) is 49.9 Å². The van der Waals surface area contributed by atoms with Crippen LogP contribution >= 0.6 is 15.9 Å². The maximum absolute atomic E-state index is 5.97. The molecule has 0 spiro atoms. The topological polar surface area (TPSA) is 29.3 Å². The highest BCUT2D eigenvalue weighted by Crippen LogP contribution is 2.31. The van der Waals surface area contributed by atoms with Gasteiger partial charge in [-0.15, -0.1) is 0 Å². The summed E-state index contributed by atoms with van der Waals surface area (Å²) in [6, 6.07) is 9.64. The molecule has 1 fully saturated rings. The van der Waals surface area contributed by atoms with Gasteiger partial charge in [-0.1, -0.05) is 35.0 Å². The van der Waals surface area contributed by atoms with Gasteiger partial charge in [0, 0.05) is 23.1 Å². The highest BCUT2D eigenvalue weighted by atomic mass is 79.9. The molecule has 2 nitrogen and oxygen atoms in total. The van der Waals surface area contributed by atoms with Gasteiger partial charge in [0.25, 0.3) is 0 Å². The van der Waals surface area contributed by atoms with Crippen molar-refractivity contribution < 1.29 is 0 Å². The van der Waals surface area contributed by atoms with Gasteiger partial charge in [0.05, 0.1) is 0 Å². The molecule has 0 aromatic heterocycles. The number of nitrogens with two attached hydrogens (primary N) is 1. The summed E-state index contributed by atoms with van der Waals surface area (Å²) in [5.74, 6) is 0.710. The number of piperidine rings is 1. The quantitative estimate of drug-likeness (QED) is 0.924. The molecule has 1 aromatic carbocycles. The number of hydrogen-bond acceptors (Lipinski definition) is 2. The first-order chi connectivity index (χ1) is 8.63. The second-order valence-corrected chi connectivity index (χ2v) is 6.30. The fourth-order valence-electron chi connectivity index (χ4n) is 3.06. The molecule has 1 saturated heterocycles. The number of nitrogens with zero attached hydrogens (tertiary/aromatic N) is 1. The second-order valence-electron chi connectivity index (χ2n) is 5.39. The minimum Gasteiger partial charge on any atom is -0.329 e. The van der Waals surface area contributed by atoms with E-state index in [1.54, 1.807) is 0 Å². The number of hydrogen-bond donors (Lipinski definition) is 1. The van der Waals surface area contributed by atoms with E-state index in [9.17, 15) is 0 Å². The molecule has 18 heavy (non-hydrogen) atoms. The Kier molecular flexibility index (Phi) is 4.82. The third kappa shape index (κ3) is 2.95. The Morgan fingerprint density at radius 3 is 2.67 bits per heavy atom. The summed E-state index contributed by atoms with van der Waals surface area (Å²) < 4.78 is 1.14. The lowest BCUT2D eigenvalue weighted by Crippen LogP contribution is -2.49. The van der Waals surface area contributed by atoms with Gasteiger partial charge in [-0.2, -0.15) is 0 Å². The van der Waals surface area contributed by atoms with Crippen LogP contribution in [0.15, 0.2) is 28.7 Å². The Bertz CT molecular complexity index is 377. The van der Waals surface area contributed by atoms with E-state index in [0.29, 0.717) is 18.0 Å². The Morgan fingerprint density at radius 2 is 2.06 bits per heavy atom. The lowest BCUT2D eigenvalue weighted by atomic mass is 9.88. The van der Waals surface area contributed by atoms with Crippen molar-refractivity contribution in [2.45, 2.75) is 38.8 Å². The van der Waals surface area contributed by atoms with Crippen LogP contribution in [0.2, 0.25) is 0 Å². The van der Waals surface area contributed by atoms with Gasteiger partial charge in [0.15, 0.2) is 0 Å². The average molecular weight is 311 g/mol. The van der Waals surface area contributed by atoms with Gasteiger partial charge < -0.3 is 5.73 Å². The van der Waals surface area contributed by atoms with Gasteiger partial charge >= 0.3 is 0 Å². The van der Waals surface area contributed by atoms with Crippen molar-refractivity contribution in [2.75, 3.05) is 13.1 Å². The Hall–Kier alpha value is -0.380. The van der Waals surface area contributed by atoms with E-state index in [-0.39, 0.29) is 0 Å². The predicted molar refractivity (Wildman–Crippen MR) is 80.5 cm³/mol. The molecule has 0 amide bonds. The number of benzene rings is 1. The maximum Gasteiger partial charge on any atom is 0.0323 e. The van der Waals surface area contributed by atoms with Crippen LogP contribution < -0.4 is 5.73 Å². The van der Waals surface area contributed by atoms with E-state index in [1.807, 2.05) is 0 Å². The molecule has 3 unspecified atom stereocenters. The van der Waals surface area contributed by atoms with E-state index >= 15 is 0 Å². The third-order valence-corrected chi connectivity index (χ3v) is 4.78. The number of likely N-dealkylation sites (tertiary alicyclic amines) is 1. The van der Waals surface area contributed by atoms with Crippen LogP contribution in [0.5, 0.6) is 0 Å². The van der Waals surface area contributed by atoms with Gasteiger partial charge in [0.1, 0.15) is 0 Å². The standard InChI is InChI=1S/C15H23BrN2/c1-11-4-3-9-18(15(11)10-17)12(2)13-5-7-14(16)8-6-13/h5-8,11-12,15H,3-4,9-10,17H2,1-2H3. The summed E-state index contributed by atoms with van der Waals surface area (Å²) >= 11 is 3.49. The van der Waals surface area contributed by atoms with Crippen LogP contribution in [0, 0.1) is 5.92 Å². The lowest BCUT2D eigenvalue weighted by molar-refractivity contribution is 0.0690. The van der Waals surface area contributed by atoms with Gasteiger partial charge in [0.2, 0.25) is 0 Å². The van der Waals surface area contributed by atoms with Crippen LogP contribution in [0.4, 0.5) is 0 Å². The van der Waals surface area contributed by atoms with Crippen molar-refractivity contribution >= 4 is 15.9 Å². The number of rotatable bonds is 3. The molecule has 1 aliphatic heterocycles. The molecule has 0 radical (unpaired) electrons. The summed E-state index contributed by atoms with van der Waals surface area (Å²) in [6.07, 6.45) is 2.60. The molecule has 0 aliphatic carbocycles. The maximum atomic E-state index is 5.97. The second kappa shape index (κ2) is 6.18. The van der Waals surface area contributed by atoms with Crippen molar-refractivity contribution in [3.63, 3.8) is 0 Å². The first-order valence-corrected chi connectivity index (χ1v) is 7.64. The summed E-state index contributed by atoms with van der Waals surface area (Å²) in [6.45, 7) is 6.56. The fourth-order valence-corrected chi connectivity index (χ4v) is 3.33. The molecular formula is C15H23BrN2. The van der Waals surface area contributed by atoms with Crippen molar-refractivity contribution in [2.24, 2.45) is 11.7 Å². The Labute approximate surface area is 119 Å². The minimum atomic E-state index is 0.453. The molecule has 100 valence electrons. The molecule has 1 heterocycles. The third-order valence-electron chi connectivity index (χ3n) is 4.25. The van der Waals surface area contributed by atoms with E-state index in [4.69, 9.17) is 5.73 Å². The summed E-state index contributed by atoms with van der Waals surface area (Å²) in [5, 5.41) is 0. The van der Waals surface area contributed by atoms with Gasteiger partial charge in [-0.3, -0.25) is 4.90 Å². The zero-order valence-electron chi connectivity index (χ0n) is 11.3. The molecule has 1 aromatic rings. The normalized spacial score (nSPS) is 27.1. The average Bonchev–Trinajstić information content (AvgIpc) is 2.38. The first-order valence-electron chi connectivity index (χ1n) is 6.84. The summed E-state index contributed by atoms with van der Waals surface area (Å²) in [5.41, 5.74) is 7.36. The van der Waals surface area contributed by atoms with Crippen LogP contribution in [-0.4, -0.2) is 24.0 Å². The monoisotopic (exact) mass is 310 g/mol. The Morgan fingerprint density at radius 1 is 1.39 bits per heavy atom. The predicted octanol–water partition coefficient (Wildman–Crippen LogP) is 3.57. The summed E-state index contributed by atoms with van der Waals surface area (Å²) in [7, 11) is 0. The van der Waals surface area contributed by atoms with Crippen LogP contribution in [0.25, 0.3) is 0 Å². The smallest absolute Gasteiger partial charge is 0.0323 e. The highest BCUT2D eigenvalue weighted by Gasteiger charge is 2.30. The van der Waals surface area contributed by atoms with Gasteiger partial charge in [-0.25, -0.2) is 0 Å². The van der Waals surface area contributed by atoms with Crippen molar-refractivity contribution in [3.05, 3.63) is 34.3 Å². The zero-order valence-corrected chi connectivity index (χ0v) is 12.9. The van der Waals surface area contributed by atoms with Crippen molar-refractivity contribution in [3.8, 4) is 0 Å². The zero-order chi connectivity index (χ0) is 13.1. The van der Waals surface area contributed by atoms with E-state index in [0.717, 1.165) is 11.0 Å².